The van der Waals surface area contributed by atoms with Crippen LogP contribution in [0.15, 0.2) is 48.7 Å². The van der Waals surface area contributed by atoms with E-state index in [1.165, 1.54) is 0 Å². The summed E-state index contributed by atoms with van der Waals surface area (Å²) < 4.78 is 5.33. The number of carbonyl (C=O) groups excluding carboxylic acids is 2. The van der Waals surface area contributed by atoms with Gasteiger partial charge in [0, 0.05) is 49.4 Å². The Bertz CT molecular complexity index is 834. The van der Waals surface area contributed by atoms with E-state index < -0.39 is 0 Å². The molecule has 2 aliphatic rings. The Morgan fingerprint density at radius 1 is 1.00 bits per heavy atom. The molecular formula is C22H25N3O3. The van der Waals surface area contributed by atoms with Crippen LogP contribution in [0.25, 0.3) is 0 Å². The maximum atomic E-state index is 12.8. The third-order valence-corrected chi connectivity index (χ3v) is 5.47. The van der Waals surface area contributed by atoms with E-state index in [1.807, 2.05) is 41.3 Å². The van der Waals surface area contributed by atoms with Crippen LogP contribution in [0.1, 0.15) is 33.6 Å². The van der Waals surface area contributed by atoms with Gasteiger partial charge in [0.05, 0.1) is 13.2 Å². The zero-order valence-corrected chi connectivity index (χ0v) is 15.9. The fourth-order valence-corrected chi connectivity index (χ4v) is 3.91. The average molecular weight is 379 g/mol. The predicted octanol–water partition coefficient (Wildman–Crippen LogP) is 2.65. The maximum absolute atomic E-state index is 12.8. The largest absolute Gasteiger partial charge is 0.378 e. The molecule has 0 spiro atoms. The fraction of sp³-hybridized carbons (Fsp3) is 0.409. The number of anilines is 1. The highest BCUT2D eigenvalue weighted by Gasteiger charge is 2.28. The monoisotopic (exact) mass is 379 g/mol. The van der Waals surface area contributed by atoms with Gasteiger partial charge in [-0.15, -0.1) is 0 Å². The van der Waals surface area contributed by atoms with Gasteiger partial charge in [0.25, 0.3) is 5.91 Å². The Morgan fingerprint density at radius 2 is 1.79 bits per heavy atom. The highest BCUT2D eigenvalue weighted by molar-refractivity contribution is 5.98. The van der Waals surface area contributed by atoms with Crippen LogP contribution < -0.4 is 4.90 Å². The molecule has 1 amide bonds. The van der Waals surface area contributed by atoms with E-state index in [4.69, 9.17) is 4.74 Å². The lowest BCUT2D eigenvalue weighted by Gasteiger charge is -2.33. The van der Waals surface area contributed by atoms with E-state index in [0.717, 1.165) is 30.8 Å². The molecule has 6 heteroatoms. The van der Waals surface area contributed by atoms with E-state index >= 15 is 0 Å². The molecule has 146 valence electrons. The van der Waals surface area contributed by atoms with Crippen molar-refractivity contribution in [1.29, 1.82) is 0 Å². The van der Waals surface area contributed by atoms with Gasteiger partial charge in [0.15, 0.2) is 5.78 Å². The molecule has 4 rings (SSSR count). The first-order valence-corrected chi connectivity index (χ1v) is 9.89. The minimum absolute atomic E-state index is 0.0147. The molecule has 28 heavy (non-hydrogen) atoms. The van der Waals surface area contributed by atoms with Crippen LogP contribution in [0.5, 0.6) is 0 Å². The Balaban J connectivity index is 1.48. The molecule has 3 heterocycles. The van der Waals surface area contributed by atoms with Crippen LogP contribution in [0.4, 0.5) is 5.82 Å². The number of pyridine rings is 1. The van der Waals surface area contributed by atoms with Gasteiger partial charge in [-0.2, -0.15) is 0 Å². The highest BCUT2D eigenvalue weighted by Crippen LogP contribution is 2.25. The van der Waals surface area contributed by atoms with Gasteiger partial charge in [-0.25, -0.2) is 4.98 Å². The SMILES string of the molecule is O=C(c1ccccc1)[C@@H]1CCCN(c2cc(C(=O)N3CCOCC3)ccn2)C1. The third kappa shape index (κ3) is 4.07. The van der Waals surface area contributed by atoms with Gasteiger partial charge in [-0.1, -0.05) is 30.3 Å². The Morgan fingerprint density at radius 3 is 2.57 bits per heavy atom. The first-order chi connectivity index (χ1) is 13.7. The van der Waals surface area contributed by atoms with Crippen molar-refractivity contribution in [2.75, 3.05) is 44.3 Å². The fourth-order valence-electron chi connectivity index (χ4n) is 3.91. The van der Waals surface area contributed by atoms with Crippen molar-refractivity contribution in [3.63, 3.8) is 0 Å². The minimum Gasteiger partial charge on any atom is -0.378 e. The number of morpholine rings is 1. The van der Waals surface area contributed by atoms with Gasteiger partial charge in [0.1, 0.15) is 5.82 Å². The predicted molar refractivity (Wildman–Crippen MR) is 107 cm³/mol. The molecule has 1 atom stereocenters. The summed E-state index contributed by atoms with van der Waals surface area (Å²) in [5.41, 5.74) is 1.40. The number of benzene rings is 1. The van der Waals surface area contributed by atoms with Crippen molar-refractivity contribution in [2.24, 2.45) is 5.92 Å². The van der Waals surface area contributed by atoms with Crippen LogP contribution in [0.3, 0.4) is 0 Å². The summed E-state index contributed by atoms with van der Waals surface area (Å²) in [6, 6.07) is 13.1. The van der Waals surface area contributed by atoms with Crippen LogP contribution in [-0.4, -0.2) is 61.0 Å². The molecule has 0 unspecified atom stereocenters. The zero-order chi connectivity index (χ0) is 19.3. The Labute approximate surface area is 165 Å². The minimum atomic E-state index is -0.0449. The van der Waals surface area contributed by atoms with Crippen molar-refractivity contribution >= 4 is 17.5 Å². The quantitative estimate of drug-likeness (QED) is 0.765. The van der Waals surface area contributed by atoms with Gasteiger partial charge in [0.2, 0.25) is 0 Å². The standard InChI is InChI=1S/C22H25N3O3/c26-21(17-5-2-1-3-6-17)19-7-4-10-25(16-19)20-15-18(8-9-23-20)22(27)24-11-13-28-14-12-24/h1-3,5-6,8-9,15,19H,4,7,10-14,16H2/t19-/m1/s1. The normalized spacial score (nSPS) is 20.1. The van der Waals surface area contributed by atoms with Crippen LogP contribution in [0, 0.1) is 5.92 Å². The summed E-state index contributed by atoms with van der Waals surface area (Å²) in [5.74, 6) is 0.924. The highest BCUT2D eigenvalue weighted by atomic mass is 16.5. The number of hydrogen-bond acceptors (Lipinski definition) is 5. The smallest absolute Gasteiger partial charge is 0.254 e. The van der Waals surface area contributed by atoms with Gasteiger partial charge in [-0.3, -0.25) is 9.59 Å². The second kappa shape index (κ2) is 8.52. The summed E-state index contributed by atoms with van der Waals surface area (Å²) in [7, 11) is 0. The molecule has 0 saturated carbocycles. The van der Waals surface area contributed by atoms with E-state index in [1.54, 1.807) is 12.3 Å². The van der Waals surface area contributed by atoms with Crippen LogP contribution in [-0.2, 0) is 4.74 Å². The lowest BCUT2D eigenvalue weighted by atomic mass is 9.90. The number of Topliss-reactive ketones (excluding diaryl/α,β-unsaturated/α-hetero) is 1. The molecule has 0 bridgehead atoms. The van der Waals surface area contributed by atoms with Crippen molar-refractivity contribution < 1.29 is 14.3 Å². The molecular weight excluding hydrogens is 354 g/mol. The van der Waals surface area contributed by atoms with Crippen LogP contribution >= 0.6 is 0 Å². The topological polar surface area (TPSA) is 62.7 Å². The molecule has 2 aromatic rings. The number of amides is 1. The summed E-state index contributed by atoms with van der Waals surface area (Å²) in [6.45, 7) is 3.89. The molecule has 1 aromatic carbocycles. The van der Waals surface area contributed by atoms with Crippen molar-refractivity contribution in [2.45, 2.75) is 12.8 Å². The number of rotatable bonds is 4. The van der Waals surface area contributed by atoms with E-state index in [-0.39, 0.29) is 17.6 Å². The second-order valence-corrected chi connectivity index (χ2v) is 7.32. The van der Waals surface area contributed by atoms with Crippen molar-refractivity contribution in [3.05, 3.63) is 59.8 Å². The first-order valence-electron chi connectivity index (χ1n) is 9.89. The van der Waals surface area contributed by atoms with E-state index in [2.05, 4.69) is 9.88 Å². The molecule has 6 nitrogen and oxygen atoms in total. The van der Waals surface area contributed by atoms with Crippen molar-refractivity contribution in [1.82, 2.24) is 9.88 Å². The molecule has 0 aliphatic carbocycles. The number of ether oxygens (including phenoxy) is 1. The Kier molecular flexibility index (Phi) is 5.67. The molecule has 2 saturated heterocycles. The number of nitrogens with zero attached hydrogens (tertiary/aromatic N) is 3. The maximum Gasteiger partial charge on any atom is 0.254 e. The summed E-state index contributed by atoms with van der Waals surface area (Å²) in [5, 5.41) is 0. The van der Waals surface area contributed by atoms with Gasteiger partial charge < -0.3 is 14.5 Å². The molecule has 2 aliphatic heterocycles. The van der Waals surface area contributed by atoms with E-state index in [9.17, 15) is 9.59 Å². The zero-order valence-electron chi connectivity index (χ0n) is 15.9. The van der Waals surface area contributed by atoms with Gasteiger partial charge in [-0.05, 0) is 25.0 Å². The lowest BCUT2D eigenvalue weighted by molar-refractivity contribution is 0.0303. The summed E-state index contributed by atoms with van der Waals surface area (Å²) in [4.78, 5) is 34.0. The molecule has 1 aromatic heterocycles. The molecule has 0 radical (unpaired) electrons. The first kappa shape index (κ1) is 18.6. The average Bonchev–Trinajstić information content (AvgIpc) is 2.79. The second-order valence-electron chi connectivity index (χ2n) is 7.32. The van der Waals surface area contributed by atoms with Crippen LogP contribution in [0.2, 0.25) is 0 Å². The van der Waals surface area contributed by atoms with E-state index in [0.29, 0.717) is 38.4 Å². The van der Waals surface area contributed by atoms with Crippen molar-refractivity contribution in [3.8, 4) is 0 Å². The van der Waals surface area contributed by atoms with Gasteiger partial charge >= 0.3 is 0 Å². The number of hydrogen-bond donors (Lipinski definition) is 0. The molecule has 2 fully saturated rings. The Hall–Kier alpha value is -2.73. The number of carbonyl (C=O) groups is 2. The summed E-state index contributed by atoms with van der Waals surface area (Å²) >= 11 is 0. The summed E-state index contributed by atoms with van der Waals surface area (Å²) in [6.07, 6.45) is 3.51. The number of piperidine rings is 1. The number of aromatic nitrogens is 1. The third-order valence-electron chi connectivity index (χ3n) is 5.47. The molecule has 0 N–H and O–H groups in total. The number of ketones is 1. The lowest BCUT2D eigenvalue weighted by Crippen LogP contribution is -2.41.